The van der Waals surface area contributed by atoms with E-state index < -0.39 is 0 Å². The van der Waals surface area contributed by atoms with Crippen LogP contribution in [-0.4, -0.2) is 24.2 Å². The van der Waals surface area contributed by atoms with Gasteiger partial charge < -0.3 is 10.4 Å². The number of rotatable bonds is 8. The van der Waals surface area contributed by atoms with Gasteiger partial charge in [-0.3, -0.25) is 4.79 Å². The first-order valence-corrected chi connectivity index (χ1v) is 6.25. The highest BCUT2D eigenvalue weighted by Crippen LogP contribution is 2.20. The van der Waals surface area contributed by atoms with Gasteiger partial charge in [0.25, 0.3) is 0 Å². The van der Waals surface area contributed by atoms with Crippen LogP contribution in [0.15, 0.2) is 0 Å². The summed E-state index contributed by atoms with van der Waals surface area (Å²) in [6, 6.07) is 0. The maximum Gasteiger partial charge on any atom is 0.220 e. The molecule has 1 amide bonds. The van der Waals surface area contributed by atoms with Gasteiger partial charge in [-0.2, -0.15) is 0 Å². The van der Waals surface area contributed by atoms with Crippen LogP contribution in [0.25, 0.3) is 0 Å². The van der Waals surface area contributed by atoms with E-state index in [1.165, 1.54) is 0 Å². The number of aliphatic hydroxyl groups excluding tert-OH is 1. The maximum absolute atomic E-state index is 11.4. The summed E-state index contributed by atoms with van der Waals surface area (Å²) in [4.78, 5) is 11.4. The van der Waals surface area contributed by atoms with E-state index in [2.05, 4.69) is 19.2 Å². The monoisotopic (exact) mass is 229 g/mol. The highest BCUT2D eigenvalue weighted by molar-refractivity contribution is 5.75. The molecule has 0 aliphatic carbocycles. The van der Waals surface area contributed by atoms with Gasteiger partial charge in [0.05, 0.1) is 0 Å². The van der Waals surface area contributed by atoms with Crippen molar-refractivity contribution in [2.24, 2.45) is 11.3 Å². The molecule has 16 heavy (non-hydrogen) atoms. The van der Waals surface area contributed by atoms with Gasteiger partial charge in [0.2, 0.25) is 5.91 Å². The molecule has 0 saturated heterocycles. The third kappa shape index (κ3) is 8.72. The Labute approximate surface area is 99.6 Å². The average molecular weight is 229 g/mol. The highest BCUT2D eigenvalue weighted by atomic mass is 16.3. The largest absolute Gasteiger partial charge is 0.396 e. The zero-order valence-corrected chi connectivity index (χ0v) is 11.2. The van der Waals surface area contributed by atoms with Crippen LogP contribution < -0.4 is 5.32 Å². The smallest absolute Gasteiger partial charge is 0.220 e. The summed E-state index contributed by atoms with van der Waals surface area (Å²) in [6.45, 7) is 9.24. The number of hydrogen-bond acceptors (Lipinski definition) is 2. The summed E-state index contributed by atoms with van der Waals surface area (Å²) in [7, 11) is 0. The van der Waals surface area contributed by atoms with E-state index >= 15 is 0 Å². The van der Waals surface area contributed by atoms with Gasteiger partial charge in [-0.25, -0.2) is 0 Å². The molecule has 0 unspecified atom stereocenters. The molecule has 0 aliphatic heterocycles. The van der Waals surface area contributed by atoms with Crippen LogP contribution in [0.1, 0.15) is 53.4 Å². The summed E-state index contributed by atoms with van der Waals surface area (Å²) >= 11 is 0. The molecule has 3 heteroatoms. The molecule has 0 rings (SSSR count). The van der Waals surface area contributed by atoms with Gasteiger partial charge in [-0.1, -0.05) is 27.7 Å². The Morgan fingerprint density at radius 3 is 2.50 bits per heavy atom. The number of aliphatic hydroxyl groups is 1. The van der Waals surface area contributed by atoms with Crippen LogP contribution in [0.3, 0.4) is 0 Å². The van der Waals surface area contributed by atoms with Crippen molar-refractivity contribution in [2.45, 2.75) is 53.4 Å². The molecule has 3 nitrogen and oxygen atoms in total. The van der Waals surface area contributed by atoms with Crippen molar-refractivity contribution in [1.82, 2.24) is 5.32 Å². The van der Waals surface area contributed by atoms with E-state index in [1.807, 2.05) is 13.8 Å². The number of nitrogens with one attached hydrogen (secondary N) is 1. The van der Waals surface area contributed by atoms with E-state index in [0.717, 1.165) is 25.8 Å². The van der Waals surface area contributed by atoms with Crippen molar-refractivity contribution in [3.8, 4) is 0 Å². The quantitative estimate of drug-likeness (QED) is 0.628. The Bertz CT molecular complexity index is 200. The fourth-order valence-corrected chi connectivity index (χ4v) is 1.38. The van der Waals surface area contributed by atoms with Gasteiger partial charge in [0.15, 0.2) is 0 Å². The summed E-state index contributed by atoms with van der Waals surface area (Å²) in [5, 5.41) is 12.0. The number of hydrogen-bond donors (Lipinski definition) is 2. The Balaban J connectivity index is 3.48. The normalized spacial score (nSPS) is 11.9. The van der Waals surface area contributed by atoms with Crippen LogP contribution in [0.2, 0.25) is 0 Å². The van der Waals surface area contributed by atoms with Gasteiger partial charge in [0.1, 0.15) is 0 Å². The molecule has 0 aromatic rings. The van der Waals surface area contributed by atoms with Crippen LogP contribution in [0.4, 0.5) is 0 Å². The van der Waals surface area contributed by atoms with Gasteiger partial charge >= 0.3 is 0 Å². The second kappa shape index (κ2) is 7.66. The van der Waals surface area contributed by atoms with Crippen molar-refractivity contribution >= 4 is 5.91 Å². The van der Waals surface area contributed by atoms with Gasteiger partial charge in [0, 0.05) is 19.6 Å². The van der Waals surface area contributed by atoms with Crippen LogP contribution in [0.5, 0.6) is 0 Å². The van der Waals surface area contributed by atoms with E-state index in [1.54, 1.807) is 0 Å². The molecular formula is C13H27NO2. The number of carbonyl (C=O) groups is 1. The SMILES string of the molecule is CC(C)CCC(=O)NCCCC(C)(C)CO. The van der Waals surface area contributed by atoms with Gasteiger partial charge in [-0.15, -0.1) is 0 Å². The van der Waals surface area contributed by atoms with E-state index in [9.17, 15) is 4.79 Å². The Morgan fingerprint density at radius 1 is 1.38 bits per heavy atom. The molecule has 0 radical (unpaired) electrons. The molecule has 0 aromatic carbocycles. The first kappa shape index (κ1) is 15.4. The Morgan fingerprint density at radius 2 is 2.00 bits per heavy atom. The lowest BCUT2D eigenvalue weighted by atomic mass is 9.89. The Kier molecular flexibility index (Phi) is 7.39. The third-order valence-corrected chi connectivity index (χ3v) is 2.73. The predicted octanol–water partition coefficient (Wildman–Crippen LogP) is 2.34. The molecule has 0 aliphatic rings. The molecule has 96 valence electrons. The zero-order valence-electron chi connectivity index (χ0n) is 11.2. The summed E-state index contributed by atoms with van der Waals surface area (Å²) in [5.41, 5.74) is -0.0251. The summed E-state index contributed by atoms with van der Waals surface area (Å²) in [6.07, 6.45) is 3.45. The minimum Gasteiger partial charge on any atom is -0.396 e. The molecule has 2 N–H and O–H groups in total. The molecule has 0 atom stereocenters. The van der Waals surface area contributed by atoms with Crippen molar-refractivity contribution in [2.75, 3.05) is 13.2 Å². The summed E-state index contributed by atoms with van der Waals surface area (Å²) in [5.74, 6) is 0.731. The second-order valence-corrected chi connectivity index (χ2v) is 5.71. The standard InChI is InChI=1S/C13H27NO2/c1-11(2)6-7-12(16)14-9-5-8-13(3,4)10-15/h11,15H,5-10H2,1-4H3,(H,14,16). The second-order valence-electron chi connectivity index (χ2n) is 5.71. The number of carbonyl (C=O) groups excluding carboxylic acids is 1. The molecule has 0 bridgehead atoms. The average Bonchev–Trinajstić information content (AvgIpc) is 2.21. The fraction of sp³-hybridized carbons (Fsp3) is 0.923. The fourth-order valence-electron chi connectivity index (χ4n) is 1.38. The highest BCUT2D eigenvalue weighted by Gasteiger charge is 2.15. The zero-order chi connectivity index (χ0) is 12.6. The molecule has 0 aromatic heterocycles. The molecule has 0 spiro atoms. The Hall–Kier alpha value is -0.570. The van der Waals surface area contributed by atoms with Crippen LogP contribution in [0, 0.1) is 11.3 Å². The molecular weight excluding hydrogens is 202 g/mol. The minimum absolute atomic E-state index is 0.0251. The lowest BCUT2D eigenvalue weighted by molar-refractivity contribution is -0.121. The topological polar surface area (TPSA) is 49.3 Å². The van der Waals surface area contributed by atoms with Crippen LogP contribution in [-0.2, 0) is 4.79 Å². The van der Waals surface area contributed by atoms with E-state index in [-0.39, 0.29) is 17.9 Å². The molecule has 0 heterocycles. The summed E-state index contributed by atoms with van der Waals surface area (Å²) < 4.78 is 0. The first-order chi connectivity index (χ1) is 7.37. The van der Waals surface area contributed by atoms with Crippen molar-refractivity contribution < 1.29 is 9.90 Å². The first-order valence-electron chi connectivity index (χ1n) is 6.25. The van der Waals surface area contributed by atoms with Crippen LogP contribution >= 0.6 is 0 Å². The van der Waals surface area contributed by atoms with E-state index in [0.29, 0.717) is 12.3 Å². The lowest BCUT2D eigenvalue weighted by Gasteiger charge is -2.21. The lowest BCUT2D eigenvalue weighted by Crippen LogP contribution is -2.26. The maximum atomic E-state index is 11.4. The van der Waals surface area contributed by atoms with Crippen molar-refractivity contribution in [1.29, 1.82) is 0 Å². The molecule has 0 fully saturated rings. The minimum atomic E-state index is -0.0251. The van der Waals surface area contributed by atoms with Crippen molar-refractivity contribution in [3.63, 3.8) is 0 Å². The van der Waals surface area contributed by atoms with E-state index in [4.69, 9.17) is 5.11 Å². The number of amides is 1. The van der Waals surface area contributed by atoms with Gasteiger partial charge in [-0.05, 0) is 30.6 Å². The predicted molar refractivity (Wildman–Crippen MR) is 67.2 cm³/mol. The molecule has 0 saturated carbocycles. The van der Waals surface area contributed by atoms with Crippen molar-refractivity contribution in [3.05, 3.63) is 0 Å². The third-order valence-electron chi connectivity index (χ3n) is 2.73.